The fourth-order valence-corrected chi connectivity index (χ4v) is 9.70. The molecule has 3 aromatic heterocycles. The molecule has 0 fully saturated rings. The van der Waals surface area contributed by atoms with Gasteiger partial charge in [0.05, 0.1) is 5.41 Å². The van der Waals surface area contributed by atoms with Gasteiger partial charge >= 0.3 is 0 Å². The van der Waals surface area contributed by atoms with Crippen LogP contribution in [0.2, 0.25) is 0 Å². The van der Waals surface area contributed by atoms with Crippen LogP contribution in [0.3, 0.4) is 0 Å². The van der Waals surface area contributed by atoms with Crippen LogP contribution in [0.25, 0.3) is 76.4 Å². The third-order valence-corrected chi connectivity index (χ3v) is 11.4. The van der Waals surface area contributed by atoms with Gasteiger partial charge in [0.1, 0.15) is 16.8 Å². The molecule has 0 unspecified atom stereocenters. The average Bonchev–Trinajstić information content (AvgIpc) is 3.86. The van der Waals surface area contributed by atoms with Crippen LogP contribution in [-0.2, 0) is 5.41 Å². The number of para-hydroxylation sites is 1. The second-order valence-corrected chi connectivity index (χ2v) is 13.4. The first kappa shape index (κ1) is 25.4. The van der Waals surface area contributed by atoms with Gasteiger partial charge in [-0.15, -0.1) is 11.3 Å². The highest BCUT2D eigenvalue weighted by molar-refractivity contribution is 7.23. The van der Waals surface area contributed by atoms with Crippen molar-refractivity contribution < 1.29 is 4.42 Å². The SMILES string of the molecule is c1ccc(-c2nc(-c3cccc4c5c(sc34)-c3ccccc3C53c4ccccc4-c4ccccc43)nc3c2oc2ccccc23)cc1. The van der Waals surface area contributed by atoms with Crippen LogP contribution in [0.15, 0.2) is 150 Å². The molecule has 0 saturated heterocycles. The summed E-state index contributed by atoms with van der Waals surface area (Å²) in [6, 6.07) is 52.1. The lowest BCUT2D eigenvalue weighted by atomic mass is 9.70. The van der Waals surface area contributed by atoms with Gasteiger partial charge in [-0.25, -0.2) is 9.97 Å². The molecule has 47 heavy (non-hydrogen) atoms. The van der Waals surface area contributed by atoms with Crippen molar-refractivity contribution >= 4 is 43.5 Å². The average molecular weight is 617 g/mol. The van der Waals surface area contributed by atoms with E-state index >= 15 is 0 Å². The summed E-state index contributed by atoms with van der Waals surface area (Å²) < 4.78 is 7.62. The minimum absolute atomic E-state index is 0.392. The monoisotopic (exact) mass is 616 g/mol. The molecule has 0 saturated carbocycles. The van der Waals surface area contributed by atoms with E-state index in [0.717, 1.165) is 33.3 Å². The summed E-state index contributed by atoms with van der Waals surface area (Å²) in [6.45, 7) is 0. The quantitative estimate of drug-likeness (QED) is 0.194. The molecule has 0 bridgehead atoms. The Bertz CT molecular complexity index is 2710. The first-order valence-electron chi connectivity index (χ1n) is 15.9. The van der Waals surface area contributed by atoms with Gasteiger partial charge in [0, 0.05) is 26.1 Å². The number of thiophene rings is 1. The molecule has 0 radical (unpaired) electrons. The van der Waals surface area contributed by atoms with E-state index in [1.807, 2.05) is 47.7 Å². The molecule has 218 valence electrons. The maximum absolute atomic E-state index is 6.41. The molecular formula is C43H24N2OS. The number of rotatable bonds is 2. The lowest BCUT2D eigenvalue weighted by Gasteiger charge is -2.30. The maximum Gasteiger partial charge on any atom is 0.180 e. The third-order valence-electron chi connectivity index (χ3n) is 10.1. The number of benzene rings is 6. The molecule has 9 aromatic rings. The molecular weight excluding hydrogens is 593 g/mol. The smallest absolute Gasteiger partial charge is 0.180 e. The standard InChI is InChI=1S/C43H24N2OS/c1-2-13-25(14-3-1)37-39-38(29-18-7-11-24-35(29)46-39)45-42(44-37)31-20-12-19-30-36-41(47-40(30)31)28-17-6-10-23-34(28)43(36)32-21-8-4-15-26(32)27-16-5-9-22-33(27)43/h1-24H. The Morgan fingerprint density at radius 1 is 0.511 bits per heavy atom. The molecule has 2 aliphatic carbocycles. The highest BCUT2D eigenvalue weighted by atomic mass is 32.1. The minimum Gasteiger partial charge on any atom is -0.452 e. The van der Waals surface area contributed by atoms with Crippen molar-refractivity contribution in [2.24, 2.45) is 0 Å². The van der Waals surface area contributed by atoms with Crippen LogP contribution < -0.4 is 0 Å². The largest absolute Gasteiger partial charge is 0.452 e. The Balaban J connectivity index is 1.25. The molecule has 11 rings (SSSR count). The van der Waals surface area contributed by atoms with Crippen LogP contribution in [0.1, 0.15) is 22.3 Å². The van der Waals surface area contributed by atoms with Crippen LogP contribution >= 0.6 is 11.3 Å². The number of fused-ring (bicyclic) bond motifs is 15. The number of furan rings is 1. The van der Waals surface area contributed by atoms with E-state index in [9.17, 15) is 0 Å². The summed E-state index contributed by atoms with van der Waals surface area (Å²) in [5, 5.41) is 2.25. The zero-order valence-electron chi connectivity index (χ0n) is 25.1. The van der Waals surface area contributed by atoms with Crippen molar-refractivity contribution in [2.75, 3.05) is 0 Å². The van der Waals surface area contributed by atoms with Crippen molar-refractivity contribution in [1.29, 1.82) is 0 Å². The molecule has 2 aliphatic rings. The topological polar surface area (TPSA) is 38.9 Å². The molecule has 0 atom stereocenters. The molecule has 4 heteroatoms. The highest BCUT2D eigenvalue weighted by Crippen LogP contribution is 2.66. The lowest BCUT2D eigenvalue weighted by molar-refractivity contribution is 0.667. The van der Waals surface area contributed by atoms with Gasteiger partial charge in [-0.2, -0.15) is 0 Å². The molecule has 3 nitrogen and oxygen atoms in total. The second kappa shape index (κ2) is 9.12. The first-order valence-corrected chi connectivity index (χ1v) is 16.7. The normalized spacial score (nSPS) is 13.7. The van der Waals surface area contributed by atoms with Crippen LogP contribution in [-0.4, -0.2) is 9.97 Å². The summed E-state index contributed by atoms with van der Waals surface area (Å²) in [6.07, 6.45) is 0. The van der Waals surface area contributed by atoms with Gasteiger partial charge in [0.15, 0.2) is 11.4 Å². The van der Waals surface area contributed by atoms with Crippen LogP contribution in [0.4, 0.5) is 0 Å². The number of nitrogens with zero attached hydrogens (tertiary/aromatic N) is 2. The zero-order valence-corrected chi connectivity index (χ0v) is 25.9. The Morgan fingerprint density at radius 2 is 1.11 bits per heavy atom. The molecule has 3 heterocycles. The van der Waals surface area contributed by atoms with Gasteiger partial charge < -0.3 is 4.42 Å². The van der Waals surface area contributed by atoms with Crippen LogP contribution in [0.5, 0.6) is 0 Å². The van der Waals surface area contributed by atoms with Gasteiger partial charge in [-0.3, -0.25) is 0 Å². The van der Waals surface area contributed by atoms with E-state index in [1.165, 1.54) is 53.9 Å². The summed E-state index contributed by atoms with van der Waals surface area (Å²) >= 11 is 1.87. The fraction of sp³-hybridized carbons (Fsp3) is 0.0233. The van der Waals surface area contributed by atoms with Gasteiger partial charge in [0.25, 0.3) is 0 Å². The molecule has 6 aromatic carbocycles. The van der Waals surface area contributed by atoms with Crippen molar-refractivity contribution in [2.45, 2.75) is 5.41 Å². The number of aromatic nitrogens is 2. The zero-order chi connectivity index (χ0) is 30.7. The summed E-state index contributed by atoms with van der Waals surface area (Å²) in [4.78, 5) is 11.9. The van der Waals surface area contributed by atoms with E-state index in [1.54, 1.807) is 0 Å². The van der Waals surface area contributed by atoms with Crippen molar-refractivity contribution in [1.82, 2.24) is 9.97 Å². The molecule has 1 spiro atoms. The van der Waals surface area contributed by atoms with Crippen molar-refractivity contribution in [3.63, 3.8) is 0 Å². The Labute approximate surface area is 274 Å². The third kappa shape index (κ3) is 3.15. The minimum atomic E-state index is -0.392. The Kier molecular flexibility index (Phi) is 4.92. The van der Waals surface area contributed by atoms with E-state index < -0.39 is 5.41 Å². The summed E-state index contributed by atoms with van der Waals surface area (Å²) in [5.41, 5.74) is 14.2. The first-order chi connectivity index (χ1) is 23.3. The van der Waals surface area contributed by atoms with E-state index in [-0.39, 0.29) is 0 Å². The van der Waals surface area contributed by atoms with Crippen LogP contribution in [0, 0.1) is 0 Å². The van der Waals surface area contributed by atoms with Gasteiger partial charge in [0.2, 0.25) is 0 Å². The predicted octanol–water partition coefficient (Wildman–Crippen LogP) is 11.3. The molecule has 0 aliphatic heterocycles. The summed E-state index contributed by atoms with van der Waals surface area (Å²) in [5.74, 6) is 0.711. The highest BCUT2D eigenvalue weighted by Gasteiger charge is 2.53. The van der Waals surface area contributed by atoms with E-state index in [2.05, 4.69) is 109 Å². The molecule has 0 amide bonds. The fourth-order valence-electron chi connectivity index (χ4n) is 8.30. The van der Waals surface area contributed by atoms with Gasteiger partial charge in [-0.05, 0) is 62.5 Å². The maximum atomic E-state index is 6.41. The Hall–Kier alpha value is -5.84. The summed E-state index contributed by atoms with van der Waals surface area (Å²) in [7, 11) is 0. The van der Waals surface area contributed by atoms with E-state index in [0.29, 0.717) is 11.4 Å². The lowest BCUT2D eigenvalue weighted by Crippen LogP contribution is -2.25. The van der Waals surface area contributed by atoms with Crippen molar-refractivity contribution in [3.05, 3.63) is 168 Å². The number of hydrogen-bond donors (Lipinski definition) is 0. The molecule has 0 N–H and O–H groups in total. The second-order valence-electron chi connectivity index (χ2n) is 12.4. The van der Waals surface area contributed by atoms with E-state index in [4.69, 9.17) is 14.4 Å². The van der Waals surface area contributed by atoms with Gasteiger partial charge in [-0.1, -0.05) is 127 Å². The predicted molar refractivity (Wildman–Crippen MR) is 192 cm³/mol. The van der Waals surface area contributed by atoms with Crippen molar-refractivity contribution in [3.8, 4) is 44.2 Å². The Morgan fingerprint density at radius 3 is 1.87 bits per heavy atom. The number of hydrogen-bond acceptors (Lipinski definition) is 4.